The first-order chi connectivity index (χ1) is 8.69. The largest absolute Gasteiger partial charge is 0.267 e. The highest BCUT2D eigenvalue weighted by Crippen LogP contribution is 2.41. The first-order valence-corrected chi connectivity index (χ1v) is 6.80. The van der Waals surface area contributed by atoms with Crippen LogP contribution in [0.4, 0.5) is 0 Å². The molecule has 5 nitrogen and oxygen atoms in total. The number of hydrogen-bond acceptors (Lipinski definition) is 4. The van der Waals surface area contributed by atoms with Gasteiger partial charge in [-0.1, -0.05) is 24.3 Å². The van der Waals surface area contributed by atoms with Gasteiger partial charge in [-0.25, -0.2) is 8.42 Å². The summed E-state index contributed by atoms with van der Waals surface area (Å²) >= 11 is 0. The van der Waals surface area contributed by atoms with E-state index < -0.39 is 16.3 Å². The Hall–Kier alpha value is -1.76. The van der Waals surface area contributed by atoms with E-state index in [4.69, 9.17) is 4.84 Å². The summed E-state index contributed by atoms with van der Waals surface area (Å²) in [4.78, 5) is 9.28. The Morgan fingerprint density at radius 3 is 2.56 bits per heavy atom. The molecule has 2 atom stereocenters. The molecule has 2 unspecified atom stereocenters. The van der Waals surface area contributed by atoms with Crippen molar-refractivity contribution in [1.82, 2.24) is 9.45 Å². The zero-order chi connectivity index (χ0) is 12.6. The van der Waals surface area contributed by atoms with E-state index in [1.165, 1.54) is 12.1 Å². The number of nitrogens with zero attached hydrogens (tertiary/aromatic N) is 2. The topological polar surface area (TPSA) is 62.6 Å². The lowest BCUT2D eigenvalue weighted by Crippen LogP contribution is -2.12. The van der Waals surface area contributed by atoms with Gasteiger partial charge in [0.2, 0.25) is 0 Å². The Bertz CT molecular complexity index is 644. The minimum atomic E-state index is -3.58. The van der Waals surface area contributed by atoms with E-state index in [0.29, 0.717) is 0 Å². The maximum atomic E-state index is 12.2. The maximum absolute atomic E-state index is 12.2. The van der Waals surface area contributed by atoms with Crippen LogP contribution in [0.25, 0.3) is 0 Å². The molecule has 1 aliphatic rings. The van der Waals surface area contributed by atoms with Crippen molar-refractivity contribution >= 4 is 10.0 Å². The fourth-order valence-electron chi connectivity index (χ4n) is 1.65. The van der Waals surface area contributed by atoms with Gasteiger partial charge in [0.25, 0.3) is 10.0 Å². The van der Waals surface area contributed by atoms with Crippen molar-refractivity contribution < 1.29 is 13.3 Å². The number of benzene rings is 1. The van der Waals surface area contributed by atoms with Gasteiger partial charge in [0, 0.05) is 18.0 Å². The lowest BCUT2D eigenvalue weighted by atomic mass is 10.3. The summed E-state index contributed by atoms with van der Waals surface area (Å²) in [5.41, 5.74) is 0.719. The molecule has 1 fully saturated rings. The minimum Gasteiger partial charge on any atom is -0.264 e. The molecule has 0 bridgehead atoms. The van der Waals surface area contributed by atoms with E-state index in [0.717, 1.165) is 10.0 Å². The molecule has 0 saturated carbocycles. The highest BCUT2D eigenvalue weighted by Gasteiger charge is 2.48. The first kappa shape index (κ1) is 11.3. The standard InChI is InChI=1S/C12H10N2O3S/c15-18(16,11-6-2-1-3-7-11)14-12(17-14)10-5-4-8-13-9-10/h1-9,12H. The SMILES string of the molecule is O=S(=O)(c1ccccc1)N1OC1c1cccnc1. The Kier molecular flexibility index (Phi) is 2.62. The molecule has 1 aromatic carbocycles. The van der Waals surface area contributed by atoms with Gasteiger partial charge in [-0.05, 0) is 22.7 Å². The van der Waals surface area contributed by atoms with Gasteiger partial charge in [-0.15, -0.1) is 0 Å². The number of aromatic nitrogens is 1. The zero-order valence-electron chi connectivity index (χ0n) is 9.30. The van der Waals surface area contributed by atoms with Gasteiger partial charge >= 0.3 is 0 Å². The van der Waals surface area contributed by atoms with Crippen LogP contribution in [0.15, 0.2) is 59.8 Å². The van der Waals surface area contributed by atoms with Crippen molar-refractivity contribution in [3.05, 3.63) is 60.4 Å². The summed E-state index contributed by atoms with van der Waals surface area (Å²) in [5, 5.41) is 0. The van der Waals surface area contributed by atoms with E-state index >= 15 is 0 Å². The molecule has 3 rings (SSSR count). The van der Waals surface area contributed by atoms with Gasteiger partial charge in [-0.3, -0.25) is 9.82 Å². The Morgan fingerprint density at radius 2 is 1.89 bits per heavy atom. The number of sulfonamides is 1. The molecule has 2 aromatic rings. The molecular weight excluding hydrogens is 252 g/mol. The lowest BCUT2D eigenvalue weighted by Gasteiger charge is -2.01. The second kappa shape index (κ2) is 4.16. The highest BCUT2D eigenvalue weighted by atomic mass is 32.2. The van der Waals surface area contributed by atoms with Crippen LogP contribution < -0.4 is 0 Å². The maximum Gasteiger partial charge on any atom is 0.267 e. The Balaban J connectivity index is 1.87. The van der Waals surface area contributed by atoms with E-state index in [9.17, 15) is 8.42 Å². The molecule has 0 radical (unpaired) electrons. The quantitative estimate of drug-likeness (QED) is 0.790. The summed E-state index contributed by atoms with van der Waals surface area (Å²) in [6, 6.07) is 11.7. The van der Waals surface area contributed by atoms with Crippen LogP contribution in [0.1, 0.15) is 11.8 Å². The van der Waals surface area contributed by atoms with Crippen molar-refractivity contribution in [3.8, 4) is 0 Å². The van der Waals surface area contributed by atoms with Gasteiger partial charge in [0.05, 0.1) is 4.90 Å². The van der Waals surface area contributed by atoms with Crippen LogP contribution in [0.3, 0.4) is 0 Å². The molecule has 1 aliphatic heterocycles. The molecular formula is C12H10N2O3S. The van der Waals surface area contributed by atoms with E-state index in [-0.39, 0.29) is 4.90 Å². The van der Waals surface area contributed by atoms with Crippen LogP contribution >= 0.6 is 0 Å². The summed E-state index contributed by atoms with van der Waals surface area (Å²) in [5.74, 6) is 0. The number of rotatable bonds is 3. The number of hydrogen-bond donors (Lipinski definition) is 0. The van der Waals surface area contributed by atoms with Gasteiger partial charge in [0.1, 0.15) is 0 Å². The Labute approximate surface area is 105 Å². The van der Waals surface area contributed by atoms with Crippen LogP contribution in [-0.2, 0) is 14.9 Å². The van der Waals surface area contributed by atoms with Crippen molar-refractivity contribution in [2.75, 3.05) is 0 Å². The van der Waals surface area contributed by atoms with Crippen LogP contribution in [0.2, 0.25) is 0 Å². The van der Waals surface area contributed by atoms with Crippen molar-refractivity contribution in [2.45, 2.75) is 11.1 Å². The molecule has 2 heterocycles. The minimum absolute atomic E-state index is 0.219. The average molecular weight is 262 g/mol. The molecule has 1 aromatic heterocycles. The molecule has 18 heavy (non-hydrogen) atoms. The van der Waals surface area contributed by atoms with Crippen molar-refractivity contribution in [1.29, 1.82) is 0 Å². The fraction of sp³-hybridized carbons (Fsp3) is 0.0833. The van der Waals surface area contributed by atoms with E-state index in [1.54, 1.807) is 42.7 Å². The summed E-state index contributed by atoms with van der Waals surface area (Å²) < 4.78 is 25.3. The third-order valence-corrected chi connectivity index (χ3v) is 4.22. The first-order valence-electron chi connectivity index (χ1n) is 5.36. The third kappa shape index (κ3) is 1.90. The summed E-state index contributed by atoms with van der Waals surface area (Å²) in [7, 11) is -3.58. The number of pyridine rings is 1. The van der Waals surface area contributed by atoms with E-state index in [2.05, 4.69) is 4.98 Å². The third-order valence-electron chi connectivity index (χ3n) is 2.60. The smallest absolute Gasteiger partial charge is 0.264 e. The van der Waals surface area contributed by atoms with E-state index in [1.807, 2.05) is 0 Å². The van der Waals surface area contributed by atoms with Gasteiger partial charge in [0.15, 0.2) is 6.23 Å². The molecule has 0 N–H and O–H groups in total. The summed E-state index contributed by atoms with van der Waals surface area (Å²) in [6.07, 6.45) is 2.65. The monoisotopic (exact) mass is 262 g/mol. The molecule has 6 heteroatoms. The normalized spacial score (nSPS) is 22.7. The fourth-order valence-corrected chi connectivity index (χ4v) is 2.93. The molecule has 1 saturated heterocycles. The molecule has 0 spiro atoms. The number of hydroxylamine groups is 1. The van der Waals surface area contributed by atoms with Crippen molar-refractivity contribution in [3.63, 3.8) is 0 Å². The predicted octanol–water partition coefficient (Wildman–Crippen LogP) is 1.72. The van der Waals surface area contributed by atoms with Gasteiger partial charge < -0.3 is 0 Å². The predicted molar refractivity (Wildman–Crippen MR) is 63.5 cm³/mol. The second-order valence-electron chi connectivity index (χ2n) is 3.82. The Morgan fingerprint density at radius 1 is 1.11 bits per heavy atom. The molecule has 0 amide bonds. The molecule has 92 valence electrons. The highest BCUT2D eigenvalue weighted by molar-refractivity contribution is 7.89. The molecule has 0 aliphatic carbocycles. The zero-order valence-corrected chi connectivity index (χ0v) is 10.1. The lowest BCUT2D eigenvalue weighted by molar-refractivity contribution is 0.283. The van der Waals surface area contributed by atoms with Gasteiger partial charge in [-0.2, -0.15) is 0 Å². The average Bonchev–Trinajstić information content (AvgIpc) is 3.22. The summed E-state index contributed by atoms with van der Waals surface area (Å²) in [6.45, 7) is 0. The van der Waals surface area contributed by atoms with Crippen molar-refractivity contribution in [2.24, 2.45) is 0 Å². The van der Waals surface area contributed by atoms with Crippen LogP contribution in [0.5, 0.6) is 0 Å². The van der Waals surface area contributed by atoms with Crippen LogP contribution in [-0.4, -0.2) is 17.9 Å². The van der Waals surface area contributed by atoms with Crippen LogP contribution in [0, 0.1) is 0 Å². The second-order valence-corrected chi connectivity index (χ2v) is 5.60.